The van der Waals surface area contributed by atoms with Crippen LogP contribution in [-0.2, 0) is 6.54 Å². The van der Waals surface area contributed by atoms with Crippen molar-refractivity contribution in [1.29, 1.82) is 0 Å². The van der Waals surface area contributed by atoms with E-state index in [0.717, 1.165) is 22.2 Å². The molecule has 0 aliphatic heterocycles. The zero-order chi connectivity index (χ0) is 13.2. The van der Waals surface area contributed by atoms with Crippen LogP contribution in [0.1, 0.15) is 5.56 Å². The highest BCUT2D eigenvalue weighted by Crippen LogP contribution is 2.25. The fraction of sp³-hybridized carbons (Fsp3) is 0.0714. The molecule has 0 aliphatic rings. The Morgan fingerprint density at radius 1 is 1.21 bits per heavy atom. The Hall–Kier alpha value is -2.01. The molecule has 3 aromatic rings. The number of phenolic OH excluding ortho intramolecular Hbond substituents is 1. The van der Waals surface area contributed by atoms with E-state index in [4.69, 9.17) is 0 Å². The van der Waals surface area contributed by atoms with E-state index in [-0.39, 0.29) is 5.75 Å². The molecule has 0 fully saturated rings. The molecular weight excluding hydrogens is 306 g/mol. The summed E-state index contributed by atoms with van der Waals surface area (Å²) in [4.78, 5) is 0. The zero-order valence-electron chi connectivity index (χ0n) is 10.0. The molecule has 1 aromatic heterocycles. The van der Waals surface area contributed by atoms with Gasteiger partial charge in [0.05, 0.1) is 16.2 Å². The number of aromatic nitrogens is 2. The number of rotatable bonds is 3. The fourth-order valence-electron chi connectivity index (χ4n) is 1.91. The van der Waals surface area contributed by atoms with Crippen LogP contribution < -0.4 is 5.32 Å². The molecule has 3 N–H and O–H groups in total. The molecule has 0 bridgehead atoms. The van der Waals surface area contributed by atoms with Crippen LogP contribution in [0.15, 0.2) is 47.1 Å². The van der Waals surface area contributed by atoms with Crippen LogP contribution in [0.3, 0.4) is 0 Å². The molecular formula is C14H12BrN3O. The predicted octanol–water partition coefficient (Wildman–Crippen LogP) is 3.64. The van der Waals surface area contributed by atoms with Crippen molar-refractivity contribution < 1.29 is 5.11 Å². The monoisotopic (exact) mass is 317 g/mol. The quantitative estimate of drug-likeness (QED) is 0.691. The summed E-state index contributed by atoms with van der Waals surface area (Å²) in [6.07, 6.45) is 1.80. The number of aromatic amines is 1. The van der Waals surface area contributed by atoms with Gasteiger partial charge >= 0.3 is 0 Å². The van der Waals surface area contributed by atoms with Gasteiger partial charge in [-0.2, -0.15) is 5.10 Å². The minimum atomic E-state index is 0.252. The first-order valence-electron chi connectivity index (χ1n) is 5.87. The van der Waals surface area contributed by atoms with Crippen molar-refractivity contribution in [2.75, 3.05) is 5.32 Å². The third-order valence-corrected chi connectivity index (χ3v) is 3.59. The van der Waals surface area contributed by atoms with E-state index < -0.39 is 0 Å². The molecule has 0 radical (unpaired) electrons. The third-order valence-electron chi connectivity index (χ3n) is 2.95. The van der Waals surface area contributed by atoms with Crippen molar-refractivity contribution in [2.45, 2.75) is 6.54 Å². The first-order valence-corrected chi connectivity index (χ1v) is 6.66. The van der Waals surface area contributed by atoms with E-state index in [1.54, 1.807) is 12.3 Å². The standard InChI is InChI=1S/C14H12BrN3O/c15-12-5-9(1-4-14(12)19)7-16-11-3-2-10-8-17-18-13(10)6-11/h1-6,8,16,19H,7H2,(H,17,18). The molecule has 4 nitrogen and oxygen atoms in total. The van der Waals surface area contributed by atoms with Crippen LogP contribution in [-0.4, -0.2) is 15.3 Å². The second-order valence-electron chi connectivity index (χ2n) is 4.31. The van der Waals surface area contributed by atoms with Crippen molar-refractivity contribution in [3.8, 4) is 5.75 Å². The number of anilines is 1. The lowest BCUT2D eigenvalue weighted by Gasteiger charge is -2.07. The van der Waals surface area contributed by atoms with Crippen LogP contribution in [0.25, 0.3) is 10.9 Å². The highest BCUT2D eigenvalue weighted by Gasteiger charge is 2.01. The Balaban J connectivity index is 1.75. The topological polar surface area (TPSA) is 60.9 Å². The molecule has 96 valence electrons. The molecule has 3 rings (SSSR count). The average molecular weight is 318 g/mol. The van der Waals surface area contributed by atoms with Crippen LogP contribution >= 0.6 is 15.9 Å². The lowest BCUT2D eigenvalue weighted by atomic mass is 10.2. The van der Waals surface area contributed by atoms with Crippen molar-refractivity contribution in [1.82, 2.24) is 10.2 Å². The van der Waals surface area contributed by atoms with E-state index >= 15 is 0 Å². The van der Waals surface area contributed by atoms with Crippen molar-refractivity contribution in [2.24, 2.45) is 0 Å². The number of phenols is 1. The number of nitrogens with one attached hydrogen (secondary N) is 2. The molecule has 2 aromatic carbocycles. The Bertz CT molecular complexity index is 724. The average Bonchev–Trinajstić information content (AvgIpc) is 2.87. The fourth-order valence-corrected chi connectivity index (χ4v) is 2.34. The third kappa shape index (κ3) is 2.56. The van der Waals surface area contributed by atoms with Crippen LogP contribution in [0.5, 0.6) is 5.75 Å². The second kappa shape index (κ2) is 4.93. The lowest BCUT2D eigenvalue weighted by Crippen LogP contribution is -1.99. The van der Waals surface area contributed by atoms with Crippen LogP contribution in [0, 0.1) is 0 Å². The summed E-state index contributed by atoms with van der Waals surface area (Å²) < 4.78 is 0.704. The minimum absolute atomic E-state index is 0.252. The van der Waals surface area contributed by atoms with Gasteiger partial charge in [0.25, 0.3) is 0 Å². The number of benzene rings is 2. The summed E-state index contributed by atoms with van der Waals surface area (Å²) in [5.41, 5.74) is 3.13. The summed E-state index contributed by atoms with van der Waals surface area (Å²) in [5, 5.41) is 20.8. The van der Waals surface area contributed by atoms with E-state index in [1.165, 1.54) is 0 Å². The molecule has 19 heavy (non-hydrogen) atoms. The van der Waals surface area contributed by atoms with Gasteiger partial charge in [0.1, 0.15) is 5.75 Å². The minimum Gasteiger partial charge on any atom is -0.507 e. The molecule has 0 saturated carbocycles. The van der Waals surface area contributed by atoms with Gasteiger partial charge in [-0.3, -0.25) is 5.10 Å². The van der Waals surface area contributed by atoms with Gasteiger partial charge in [0.2, 0.25) is 0 Å². The molecule has 1 heterocycles. The molecule has 5 heteroatoms. The Kier molecular flexibility index (Phi) is 3.13. The largest absolute Gasteiger partial charge is 0.507 e. The maximum absolute atomic E-state index is 9.45. The molecule has 0 aliphatic carbocycles. The molecule has 0 unspecified atom stereocenters. The predicted molar refractivity (Wildman–Crippen MR) is 79.2 cm³/mol. The lowest BCUT2D eigenvalue weighted by molar-refractivity contribution is 0.471. The number of aromatic hydroxyl groups is 1. The number of hydrogen-bond donors (Lipinski definition) is 3. The number of fused-ring (bicyclic) bond motifs is 1. The van der Waals surface area contributed by atoms with Gasteiger partial charge in [-0.05, 0) is 51.8 Å². The van der Waals surface area contributed by atoms with Gasteiger partial charge in [-0.1, -0.05) is 6.07 Å². The van der Waals surface area contributed by atoms with E-state index in [9.17, 15) is 5.11 Å². The molecule has 0 atom stereocenters. The highest BCUT2D eigenvalue weighted by atomic mass is 79.9. The number of hydrogen-bond acceptors (Lipinski definition) is 3. The maximum Gasteiger partial charge on any atom is 0.129 e. The van der Waals surface area contributed by atoms with Gasteiger partial charge in [0, 0.05) is 17.6 Å². The number of halogens is 1. The number of H-pyrrole nitrogens is 1. The first kappa shape index (κ1) is 12.0. The van der Waals surface area contributed by atoms with Crippen molar-refractivity contribution >= 4 is 32.5 Å². The summed E-state index contributed by atoms with van der Waals surface area (Å²) in [6.45, 7) is 0.693. The van der Waals surface area contributed by atoms with Gasteiger partial charge in [-0.25, -0.2) is 0 Å². The van der Waals surface area contributed by atoms with Gasteiger partial charge < -0.3 is 10.4 Å². The summed E-state index contributed by atoms with van der Waals surface area (Å²) >= 11 is 3.31. The number of nitrogens with zero attached hydrogens (tertiary/aromatic N) is 1. The summed E-state index contributed by atoms with van der Waals surface area (Å²) in [5.74, 6) is 0.252. The van der Waals surface area contributed by atoms with Crippen LogP contribution in [0.2, 0.25) is 0 Å². The molecule has 0 amide bonds. The normalized spacial score (nSPS) is 10.8. The summed E-state index contributed by atoms with van der Waals surface area (Å²) in [7, 11) is 0. The van der Waals surface area contributed by atoms with E-state index in [1.807, 2.05) is 30.3 Å². The Labute approximate surface area is 118 Å². The Morgan fingerprint density at radius 3 is 2.95 bits per heavy atom. The molecule has 0 saturated heterocycles. The molecule has 0 spiro atoms. The van der Waals surface area contributed by atoms with Gasteiger partial charge in [-0.15, -0.1) is 0 Å². The van der Waals surface area contributed by atoms with E-state index in [0.29, 0.717) is 11.0 Å². The Morgan fingerprint density at radius 2 is 2.11 bits per heavy atom. The first-order chi connectivity index (χ1) is 9.22. The van der Waals surface area contributed by atoms with Crippen LogP contribution in [0.4, 0.5) is 5.69 Å². The zero-order valence-corrected chi connectivity index (χ0v) is 11.6. The van der Waals surface area contributed by atoms with Crippen molar-refractivity contribution in [3.05, 3.63) is 52.6 Å². The van der Waals surface area contributed by atoms with Gasteiger partial charge in [0.15, 0.2) is 0 Å². The second-order valence-corrected chi connectivity index (χ2v) is 5.17. The van der Waals surface area contributed by atoms with E-state index in [2.05, 4.69) is 31.4 Å². The van der Waals surface area contributed by atoms with Crippen molar-refractivity contribution in [3.63, 3.8) is 0 Å². The summed E-state index contributed by atoms with van der Waals surface area (Å²) in [6, 6.07) is 11.5. The smallest absolute Gasteiger partial charge is 0.129 e. The maximum atomic E-state index is 9.45. The highest BCUT2D eigenvalue weighted by molar-refractivity contribution is 9.10. The SMILES string of the molecule is Oc1ccc(CNc2ccc3cn[nH]c3c2)cc1Br.